The van der Waals surface area contributed by atoms with Gasteiger partial charge < -0.3 is 10.0 Å². The number of hydrogen-bond acceptors (Lipinski definition) is 4. The Morgan fingerprint density at radius 3 is 2.83 bits per heavy atom. The van der Waals surface area contributed by atoms with E-state index in [1.165, 1.54) is 16.2 Å². The Morgan fingerprint density at radius 1 is 1.56 bits per heavy atom. The van der Waals surface area contributed by atoms with E-state index in [9.17, 15) is 14.7 Å². The highest BCUT2D eigenvalue weighted by atomic mass is 32.1. The number of likely N-dealkylation sites (tertiary alicyclic amines) is 1. The summed E-state index contributed by atoms with van der Waals surface area (Å²) in [5.74, 6) is -0.854. The Morgan fingerprint density at radius 2 is 2.28 bits per heavy atom. The molecular formula is C12H16N2O3S. The predicted molar refractivity (Wildman–Crippen MR) is 67.7 cm³/mol. The monoisotopic (exact) mass is 268 g/mol. The van der Waals surface area contributed by atoms with Crippen molar-refractivity contribution in [3.05, 3.63) is 16.1 Å². The summed E-state index contributed by atoms with van der Waals surface area (Å²) in [5.41, 5.74) is 0.360. The number of piperidine rings is 1. The summed E-state index contributed by atoms with van der Waals surface area (Å²) in [6.45, 7) is 4.34. The van der Waals surface area contributed by atoms with Gasteiger partial charge in [0.1, 0.15) is 11.7 Å². The summed E-state index contributed by atoms with van der Waals surface area (Å²) in [6, 6.07) is -0.719. The van der Waals surface area contributed by atoms with Gasteiger partial charge in [0, 0.05) is 11.9 Å². The number of aryl methyl sites for hydroxylation is 1. The fourth-order valence-corrected chi connectivity index (χ4v) is 2.81. The molecule has 6 heteroatoms. The Balaban J connectivity index is 2.20. The van der Waals surface area contributed by atoms with Crippen LogP contribution in [-0.4, -0.2) is 39.5 Å². The van der Waals surface area contributed by atoms with Gasteiger partial charge in [0.05, 0.1) is 5.01 Å². The number of rotatable bonds is 2. The number of carbonyl (C=O) groups is 2. The minimum atomic E-state index is -0.929. The lowest BCUT2D eigenvalue weighted by molar-refractivity contribution is -0.144. The maximum atomic E-state index is 12.2. The largest absolute Gasteiger partial charge is 0.480 e. The van der Waals surface area contributed by atoms with Gasteiger partial charge in [0.25, 0.3) is 5.91 Å². The number of thiazole rings is 1. The Hall–Kier alpha value is -1.43. The van der Waals surface area contributed by atoms with Crippen LogP contribution in [0.3, 0.4) is 0 Å². The zero-order chi connectivity index (χ0) is 13.3. The molecule has 1 amide bonds. The number of carboxylic acid groups (broad SMARTS) is 1. The number of nitrogens with zero attached hydrogens (tertiary/aromatic N) is 2. The summed E-state index contributed by atoms with van der Waals surface area (Å²) in [5, 5.41) is 11.7. The molecule has 0 saturated carbocycles. The van der Waals surface area contributed by atoms with Crippen molar-refractivity contribution in [2.24, 2.45) is 5.92 Å². The van der Waals surface area contributed by atoms with Crippen molar-refractivity contribution in [1.82, 2.24) is 9.88 Å². The average Bonchev–Trinajstić information content (AvgIpc) is 2.75. The van der Waals surface area contributed by atoms with Crippen LogP contribution in [0.15, 0.2) is 5.38 Å². The van der Waals surface area contributed by atoms with Crippen molar-refractivity contribution in [2.45, 2.75) is 32.7 Å². The SMILES string of the molecule is Cc1nc(C(=O)N2CCC(C)CC2C(=O)O)cs1. The van der Waals surface area contributed by atoms with E-state index in [0.29, 0.717) is 24.6 Å². The molecule has 1 fully saturated rings. The summed E-state index contributed by atoms with van der Waals surface area (Å²) in [6.07, 6.45) is 1.36. The van der Waals surface area contributed by atoms with Gasteiger partial charge in [-0.05, 0) is 25.7 Å². The Bertz CT molecular complexity index is 472. The van der Waals surface area contributed by atoms with Gasteiger partial charge in [-0.3, -0.25) is 4.79 Å². The molecule has 98 valence electrons. The second kappa shape index (κ2) is 5.06. The minimum absolute atomic E-state index is 0.265. The molecule has 1 saturated heterocycles. The normalized spacial score (nSPS) is 24.0. The molecule has 18 heavy (non-hydrogen) atoms. The third kappa shape index (κ3) is 2.53. The molecule has 2 atom stereocenters. The summed E-state index contributed by atoms with van der Waals surface area (Å²) in [4.78, 5) is 29.1. The third-order valence-electron chi connectivity index (χ3n) is 3.25. The van der Waals surface area contributed by atoms with Crippen LogP contribution in [0.2, 0.25) is 0 Å². The minimum Gasteiger partial charge on any atom is -0.480 e. The van der Waals surface area contributed by atoms with Crippen LogP contribution in [0, 0.1) is 12.8 Å². The number of carbonyl (C=O) groups excluding carboxylic acids is 1. The number of amides is 1. The van der Waals surface area contributed by atoms with E-state index < -0.39 is 12.0 Å². The Kier molecular flexibility index (Phi) is 3.65. The number of aromatic nitrogens is 1. The number of hydrogen-bond donors (Lipinski definition) is 1. The van der Waals surface area contributed by atoms with E-state index >= 15 is 0 Å². The molecule has 1 aromatic rings. The fourth-order valence-electron chi connectivity index (χ4n) is 2.23. The predicted octanol–water partition coefficient (Wildman–Crippen LogP) is 1.78. The van der Waals surface area contributed by atoms with Crippen LogP contribution < -0.4 is 0 Å². The van der Waals surface area contributed by atoms with Crippen LogP contribution in [0.5, 0.6) is 0 Å². The zero-order valence-corrected chi connectivity index (χ0v) is 11.2. The van der Waals surface area contributed by atoms with Crippen LogP contribution >= 0.6 is 11.3 Å². The first kappa shape index (κ1) is 13.0. The molecule has 1 N–H and O–H groups in total. The highest BCUT2D eigenvalue weighted by Crippen LogP contribution is 2.24. The van der Waals surface area contributed by atoms with E-state index in [1.807, 2.05) is 13.8 Å². The van der Waals surface area contributed by atoms with Crippen molar-refractivity contribution < 1.29 is 14.7 Å². The van der Waals surface area contributed by atoms with Crippen molar-refractivity contribution in [3.63, 3.8) is 0 Å². The van der Waals surface area contributed by atoms with Crippen LogP contribution in [0.25, 0.3) is 0 Å². The lowest BCUT2D eigenvalue weighted by Crippen LogP contribution is -2.49. The molecule has 0 spiro atoms. The van der Waals surface area contributed by atoms with E-state index in [4.69, 9.17) is 0 Å². The van der Waals surface area contributed by atoms with Crippen LogP contribution in [0.4, 0.5) is 0 Å². The molecule has 0 bridgehead atoms. The second-order valence-electron chi connectivity index (χ2n) is 4.73. The van der Waals surface area contributed by atoms with Gasteiger partial charge in [-0.2, -0.15) is 0 Å². The first-order chi connectivity index (χ1) is 8.49. The standard InChI is InChI=1S/C12H16N2O3S/c1-7-3-4-14(10(5-7)12(16)17)11(15)9-6-18-8(2)13-9/h6-7,10H,3-5H2,1-2H3,(H,16,17). The molecular weight excluding hydrogens is 252 g/mol. The smallest absolute Gasteiger partial charge is 0.326 e. The van der Waals surface area contributed by atoms with Gasteiger partial charge in [-0.1, -0.05) is 6.92 Å². The summed E-state index contributed by atoms with van der Waals surface area (Å²) >= 11 is 1.40. The van der Waals surface area contributed by atoms with E-state index in [-0.39, 0.29) is 5.91 Å². The molecule has 2 unspecified atom stereocenters. The van der Waals surface area contributed by atoms with Gasteiger partial charge in [-0.15, -0.1) is 11.3 Å². The molecule has 1 aliphatic rings. The molecule has 5 nitrogen and oxygen atoms in total. The van der Waals surface area contributed by atoms with Gasteiger partial charge in [-0.25, -0.2) is 9.78 Å². The lowest BCUT2D eigenvalue weighted by Gasteiger charge is -2.35. The van der Waals surface area contributed by atoms with Crippen molar-refractivity contribution in [2.75, 3.05) is 6.54 Å². The third-order valence-corrected chi connectivity index (χ3v) is 4.02. The first-order valence-electron chi connectivity index (χ1n) is 5.95. The molecule has 1 aromatic heterocycles. The summed E-state index contributed by atoms with van der Waals surface area (Å²) in [7, 11) is 0. The van der Waals surface area contributed by atoms with Crippen LogP contribution in [0.1, 0.15) is 35.3 Å². The van der Waals surface area contributed by atoms with E-state index in [2.05, 4.69) is 4.98 Å². The lowest BCUT2D eigenvalue weighted by atomic mass is 9.92. The molecule has 2 heterocycles. The van der Waals surface area contributed by atoms with Gasteiger partial charge in [0.15, 0.2) is 0 Å². The first-order valence-corrected chi connectivity index (χ1v) is 6.83. The number of aliphatic carboxylic acids is 1. The quantitative estimate of drug-likeness (QED) is 0.887. The van der Waals surface area contributed by atoms with Crippen molar-refractivity contribution in [3.8, 4) is 0 Å². The molecule has 0 aromatic carbocycles. The molecule has 2 rings (SSSR count). The van der Waals surface area contributed by atoms with Crippen molar-refractivity contribution in [1.29, 1.82) is 0 Å². The van der Waals surface area contributed by atoms with E-state index in [1.54, 1.807) is 5.38 Å². The highest BCUT2D eigenvalue weighted by molar-refractivity contribution is 7.09. The second-order valence-corrected chi connectivity index (χ2v) is 5.80. The highest BCUT2D eigenvalue weighted by Gasteiger charge is 2.35. The van der Waals surface area contributed by atoms with Crippen LogP contribution in [-0.2, 0) is 4.79 Å². The van der Waals surface area contributed by atoms with Crippen molar-refractivity contribution >= 4 is 23.2 Å². The topological polar surface area (TPSA) is 70.5 Å². The number of carboxylic acids is 1. The maximum absolute atomic E-state index is 12.2. The molecule has 0 aliphatic carbocycles. The van der Waals surface area contributed by atoms with Gasteiger partial charge in [0.2, 0.25) is 0 Å². The zero-order valence-electron chi connectivity index (χ0n) is 10.4. The maximum Gasteiger partial charge on any atom is 0.326 e. The van der Waals surface area contributed by atoms with Gasteiger partial charge >= 0.3 is 5.97 Å². The summed E-state index contributed by atoms with van der Waals surface area (Å²) < 4.78 is 0. The molecule has 0 radical (unpaired) electrons. The van der Waals surface area contributed by atoms with E-state index in [0.717, 1.165) is 11.4 Å². The Labute approximate surface area is 109 Å². The average molecular weight is 268 g/mol. The fraction of sp³-hybridized carbons (Fsp3) is 0.583. The molecule has 1 aliphatic heterocycles.